The van der Waals surface area contributed by atoms with Gasteiger partial charge in [0.2, 0.25) is 0 Å². The van der Waals surface area contributed by atoms with E-state index in [0.29, 0.717) is 10.8 Å². The van der Waals surface area contributed by atoms with Crippen molar-refractivity contribution >= 4 is 11.6 Å². The molecule has 0 bridgehead atoms. The van der Waals surface area contributed by atoms with E-state index >= 15 is 0 Å². The molecular formula is C13H11ClO. The van der Waals surface area contributed by atoms with E-state index in [1.54, 1.807) is 0 Å². The van der Waals surface area contributed by atoms with Crippen molar-refractivity contribution in [1.29, 1.82) is 0 Å². The number of para-hydroxylation sites is 1. The molecule has 0 saturated heterocycles. The van der Waals surface area contributed by atoms with Gasteiger partial charge in [0, 0.05) is 0 Å². The molecule has 0 fully saturated rings. The quantitative estimate of drug-likeness (QED) is 0.724. The van der Waals surface area contributed by atoms with Gasteiger partial charge in [-0.05, 0) is 31.2 Å². The average Bonchev–Trinajstić information content (AvgIpc) is 2.25. The molecule has 0 radical (unpaired) electrons. The maximum absolute atomic E-state index is 5.98. The van der Waals surface area contributed by atoms with Crippen LogP contribution in [-0.2, 0) is 0 Å². The molecule has 0 aliphatic heterocycles. The Bertz CT molecular complexity index is 448. The van der Waals surface area contributed by atoms with Crippen LogP contribution in [0.3, 0.4) is 0 Å². The summed E-state index contributed by atoms with van der Waals surface area (Å²) in [7, 11) is 0. The molecule has 1 nitrogen and oxygen atoms in total. The smallest absolute Gasteiger partial charge is 0.146 e. The standard InChI is InChI=1S/C13H11ClO/c1-10-6-8-11(9-7-10)15-13-5-3-2-4-12(13)14/h2-9H,1H3. The molecule has 0 N–H and O–H groups in total. The van der Waals surface area contributed by atoms with Gasteiger partial charge in [0.1, 0.15) is 11.5 Å². The first kappa shape index (κ1) is 10.1. The highest BCUT2D eigenvalue weighted by atomic mass is 35.5. The number of benzene rings is 2. The first-order valence-electron chi connectivity index (χ1n) is 4.75. The summed E-state index contributed by atoms with van der Waals surface area (Å²) in [5.41, 5.74) is 1.21. The van der Waals surface area contributed by atoms with Gasteiger partial charge in [0.15, 0.2) is 0 Å². The monoisotopic (exact) mass is 218 g/mol. The molecule has 2 rings (SSSR count). The Labute approximate surface area is 94.3 Å². The summed E-state index contributed by atoms with van der Waals surface area (Å²) in [6.07, 6.45) is 0. The molecule has 0 heterocycles. The minimum Gasteiger partial charge on any atom is -0.456 e. The van der Waals surface area contributed by atoms with Crippen molar-refractivity contribution in [3.63, 3.8) is 0 Å². The summed E-state index contributed by atoms with van der Waals surface area (Å²) in [5.74, 6) is 1.48. The average molecular weight is 219 g/mol. The van der Waals surface area contributed by atoms with Crippen LogP contribution in [-0.4, -0.2) is 0 Å². The van der Waals surface area contributed by atoms with Crippen molar-refractivity contribution < 1.29 is 4.74 Å². The van der Waals surface area contributed by atoms with Crippen molar-refractivity contribution in [1.82, 2.24) is 0 Å². The van der Waals surface area contributed by atoms with Gasteiger partial charge >= 0.3 is 0 Å². The maximum Gasteiger partial charge on any atom is 0.146 e. The van der Waals surface area contributed by atoms with Crippen LogP contribution in [0.2, 0.25) is 5.02 Å². The van der Waals surface area contributed by atoms with Gasteiger partial charge in [-0.25, -0.2) is 0 Å². The third-order valence-electron chi connectivity index (χ3n) is 2.09. The van der Waals surface area contributed by atoms with Gasteiger partial charge < -0.3 is 4.74 Å². The van der Waals surface area contributed by atoms with Crippen LogP contribution in [0.15, 0.2) is 48.5 Å². The van der Waals surface area contributed by atoms with E-state index in [0.717, 1.165) is 5.75 Å². The fourth-order valence-electron chi connectivity index (χ4n) is 1.26. The summed E-state index contributed by atoms with van der Waals surface area (Å²) < 4.78 is 5.63. The SMILES string of the molecule is Cc1ccc(Oc2ccccc2Cl)cc1. The van der Waals surface area contributed by atoms with Crippen LogP contribution in [0.5, 0.6) is 11.5 Å². The molecule has 0 aliphatic carbocycles. The lowest BCUT2D eigenvalue weighted by Gasteiger charge is -2.06. The Morgan fingerprint density at radius 2 is 1.60 bits per heavy atom. The Balaban J connectivity index is 2.22. The van der Waals surface area contributed by atoms with E-state index < -0.39 is 0 Å². The fraction of sp³-hybridized carbons (Fsp3) is 0.0769. The summed E-state index contributed by atoms with van der Waals surface area (Å²) in [6.45, 7) is 2.04. The highest BCUT2D eigenvalue weighted by molar-refractivity contribution is 6.32. The number of aryl methyl sites for hydroxylation is 1. The second-order valence-electron chi connectivity index (χ2n) is 3.35. The number of halogens is 1. The van der Waals surface area contributed by atoms with Crippen LogP contribution in [0.25, 0.3) is 0 Å². The van der Waals surface area contributed by atoms with E-state index in [-0.39, 0.29) is 0 Å². The van der Waals surface area contributed by atoms with Gasteiger partial charge in [-0.3, -0.25) is 0 Å². The molecule has 0 atom stereocenters. The third-order valence-corrected chi connectivity index (χ3v) is 2.40. The van der Waals surface area contributed by atoms with Gasteiger partial charge in [-0.1, -0.05) is 41.4 Å². The largest absolute Gasteiger partial charge is 0.456 e. The van der Waals surface area contributed by atoms with E-state index in [2.05, 4.69) is 0 Å². The molecule has 2 aromatic rings. The fourth-order valence-corrected chi connectivity index (χ4v) is 1.44. The zero-order valence-corrected chi connectivity index (χ0v) is 9.16. The number of hydrogen-bond acceptors (Lipinski definition) is 1. The van der Waals surface area contributed by atoms with Crippen molar-refractivity contribution in [3.8, 4) is 11.5 Å². The number of ether oxygens (including phenoxy) is 1. The van der Waals surface area contributed by atoms with Crippen molar-refractivity contribution in [2.45, 2.75) is 6.92 Å². The summed E-state index contributed by atoms with van der Waals surface area (Å²) >= 11 is 5.98. The molecule has 2 heteroatoms. The van der Waals surface area contributed by atoms with Crippen molar-refractivity contribution in [2.75, 3.05) is 0 Å². The molecule has 0 amide bonds. The molecule has 0 saturated carbocycles. The van der Waals surface area contributed by atoms with Gasteiger partial charge in [-0.15, -0.1) is 0 Å². The Morgan fingerprint density at radius 1 is 0.933 bits per heavy atom. The van der Waals surface area contributed by atoms with E-state index in [1.165, 1.54) is 5.56 Å². The number of hydrogen-bond donors (Lipinski definition) is 0. The van der Waals surface area contributed by atoms with Crippen LogP contribution >= 0.6 is 11.6 Å². The topological polar surface area (TPSA) is 9.23 Å². The minimum atomic E-state index is 0.623. The summed E-state index contributed by atoms with van der Waals surface area (Å²) in [5, 5.41) is 0.623. The normalized spacial score (nSPS) is 10.0. The third kappa shape index (κ3) is 2.51. The van der Waals surface area contributed by atoms with Crippen molar-refractivity contribution in [3.05, 3.63) is 59.1 Å². The maximum atomic E-state index is 5.98. The van der Waals surface area contributed by atoms with Crippen LogP contribution in [0, 0.1) is 6.92 Å². The second-order valence-corrected chi connectivity index (χ2v) is 3.75. The molecule has 0 aromatic heterocycles. The number of rotatable bonds is 2. The lowest BCUT2D eigenvalue weighted by molar-refractivity contribution is 0.483. The predicted octanol–water partition coefficient (Wildman–Crippen LogP) is 4.44. The molecule has 15 heavy (non-hydrogen) atoms. The predicted molar refractivity (Wildman–Crippen MR) is 62.7 cm³/mol. The Hall–Kier alpha value is -1.47. The van der Waals surface area contributed by atoms with E-state index in [1.807, 2.05) is 55.5 Å². The second kappa shape index (κ2) is 4.37. The van der Waals surface area contributed by atoms with Crippen molar-refractivity contribution in [2.24, 2.45) is 0 Å². The molecule has 0 spiro atoms. The van der Waals surface area contributed by atoms with Gasteiger partial charge in [0.25, 0.3) is 0 Å². The lowest BCUT2D eigenvalue weighted by Crippen LogP contribution is -1.84. The molecule has 0 aliphatic rings. The Morgan fingerprint density at radius 3 is 2.27 bits per heavy atom. The zero-order chi connectivity index (χ0) is 10.7. The van der Waals surface area contributed by atoms with Gasteiger partial charge in [0.05, 0.1) is 5.02 Å². The first-order valence-corrected chi connectivity index (χ1v) is 5.12. The summed E-state index contributed by atoms with van der Waals surface area (Å²) in [4.78, 5) is 0. The highest BCUT2D eigenvalue weighted by Crippen LogP contribution is 2.28. The lowest BCUT2D eigenvalue weighted by atomic mass is 10.2. The molecule has 76 valence electrons. The van der Waals surface area contributed by atoms with E-state index in [9.17, 15) is 0 Å². The van der Waals surface area contributed by atoms with Gasteiger partial charge in [-0.2, -0.15) is 0 Å². The molecule has 2 aromatic carbocycles. The van der Waals surface area contributed by atoms with Crippen LogP contribution in [0.1, 0.15) is 5.56 Å². The zero-order valence-electron chi connectivity index (χ0n) is 8.41. The highest BCUT2D eigenvalue weighted by Gasteiger charge is 2.00. The van der Waals surface area contributed by atoms with Crippen LogP contribution < -0.4 is 4.74 Å². The first-order chi connectivity index (χ1) is 7.25. The summed E-state index contributed by atoms with van der Waals surface area (Å²) in [6, 6.07) is 15.3. The molecular weight excluding hydrogens is 208 g/mol. The minimum absolute atomic E-state index is 0.623. The van der Waals surface area contributed by atoms with E-state index in [4.69, 9.17) is 16.3 Å². The Kier molecular flexibility index (Phi) is 2.93. The molecule has 0 unspecified atom stereocenters. The van der Waals surface area contributed by atoms with Crippen LogP contribution in [0.4, 0.5) is 0 Å².